The van der Waals surface area contributed by atoms with Crippen LogP contribution in [0, 0.1) is 0 Å². The van der Waals surface area contributed by atoms with Gasteiger partial charge in [-0.1, -0.05) is 33.1 Å². The molecule has 27 heavy (non-hydrogen) atoms. The second-order valence-electron chi connectivity index (χ2n) is 4.31. The molecule has 0 saturated carbocycles. The van der Waals surface area contributed by atoms with Crippen molar-refractivity contribution in [3.05, 3.63) is 71.3 Å². The van der Waals surface area contributed by atoms with Gasteiger partial charge in [0.2, 0.25) is 0 Å². The minimum atomic E-state index is -1.06. The fraction of sp³-hybridized carbons (Fsp3) is 0.211. The molecule has 0 aliphatic heterocycles. The lowest BCUT2D eigenvalue weighted by molar-refractivity contribution is 0.0681. The van der Waals surface area contributed by atoms with E-state index < -0.39 is 17.9 Å². The maximum absolute atomic E-state index is 10.3. The van der Waals surface area contributed by atoms with E-state index in [0.717, 1.165) is 0 Å². The molecule has 0 aliphatic rings. The van der Waals surface area contributed by atoms with Crippen LogP contribution >= 0.6 is 0 Å². The summed E-state index contributed by atoms with van der Waals surface area (Å²) >= 11 is 0. The zero-order chi connectivity index (χ0) is 19.2. The number of carbonyl (C=O) groups is 3. The Balaban J connectivity index is -0.000000343. The molecule has 0 aliphatic carbocycles. The first kappa shape index (κ1) is 28.6. The van der Waals surface area contributed by atoms with Crippen molar-refractivity contribution in [2.45, 2.75) is 14.9 Å². The van der Waals surface area contributed by atoms with E-state index >= 15 is 0 Å². The molecule has 0 unspecified atom stereocenters. The van der Waals surface area contributed by atoms with Crippen LogP contribution in [0.1, 0.15) is 45.9 Å². The Kier molecular flexibility index (Phi) is 17.2. The van der Waals surface area contributed by atoms with Gasteiger partial charge in [0, 0.05) is 0 Å². The molecule has 2 aromatic rings. The average Bonchev–Trinajstić information content (AvgIpc) is 2.63. The van der Waals surface area contributed by atoms with Crippen LogP contribution in [0.15, 0.2) is 54.6 Å². The quantitative estimate of drug-likeness (QED) is 0.541. The lowest BCUT2D eigenvalue weighted by atomic mass is 10.1. The number of aliphatic hydroxyl groups is 2. The fourth-order valence-corrected chi connectivity index (χ4v) is 1.34. The summed E-state index contributed by atoms with van der Waals surface area (Å²) in [5.74, 6) is -3.01. The van der Waals surface area contributed by atoms with Gasteiger partial charge in [-0.05, 0) is 36.4 Å². The van der Waals surface area contributed by atoms with Gasteiger partial charge in [0.05, 0.1) is 29.9 Å². The van der Waals surface area contributed by atoms with Crippen LogP contribution in [-0.4, -0.2) is 56.7 Å². The minimum absolute atomic E-state index is 0. The Morgan fingerprint density at radius 2 is 0.815 bits per heavy atom. The number of carboxylic acid groups (broad SMARTS) is 3. The number of benzene rings is 2. The molecule has 0 atom stereocenters. The van der Waals surface area contributed by atoms with Crippen LogP contribution in [0.2, 0.25) is 0 Å². The standard InChI is InChI=1S/C8H6O4.C7H6O2.C2H6O2.2CH4/c9-7(10)5-1-2-6(4-3-5)8(11)12;8-7(9)6-4-2-1-3-5-6;3-1-2-4;;/h1-4H,(H,9,10)(H,11,12);1-5H,(H,8,9);3-4H,1-2H2;2*1H4. The fourth-order valence-electron chi connectivity index (χ4n) is 1.34. The number of rotatable bonds is 4. The Bertz CT molecular complexity index is 631. The Labute approximate surface area is 158 Å². The van der Waals surface area contributed by atoms with Crippen molar-refractivity contribution in [1.82, 2.24) is 0 Å². The summed E-state index contributed by atoms with van der Waals surface area (Å²) in [5, 5.41) is 40.6. The summed E-state index contributed by atoms with van der Waals surface area (Å²) in [6.45, 7) is -0.250. The van der Waals surface area contributed by atoms with Crippen LogP contribution in [-0.2, 0) is 0 Å². The maximum atomic E-state index is 10.3. The van der Waals surface area contributed by atoms with Crippen LogP contribution in [0.3, 0.4) is 0 Å². The predicted molar refractivity (Wildman–Crippen MR) is 101 cm³/mol. The highest BCUT2D eigenvalue weighted by atomic mass is 16.4. The van der Waals surface area contributed by atoms with Gasteiger partial charge >= 0.3 is 17.9 Å². The van der Waals surface area contributed by atoms with Gasteiger partial charge < -0.3 is 25.5 Å². The van der Waals surface area contributed by atoms with E-state index in [4.69, 9.17) is 25.5 Å². The molecule has 2 aromatic carbocycles. The summed E-state index contributed by atoms with van der Waals surface area (Å²) < 4.78 is 0. The van der Waals surface area contributed by atoms with E-state index in [9.17, 15) is 14.4 Å². The highest BCUT2D eigenvalue weighted by Crippen LogP contribution is 2.03. The number of carboxylic acids is 3. The van der Waals surface area contributed by atoms with E-state index in [2.05, 4.69) is 0 Å². The molecule has 0 saturated heterocycles. The molecular formula is C19H26O8. The van der Waals surface area contributed by atoms with E-state index in [1.165, 1.54) is 24.3 Å². The summed E-state index contributed by atoms with van der Waals surface area (Å²) in [7, 11) is 0. The van der Waals surface area contributed by atoms with E-state index in [1.807, 2.05) is 0 Å². The van der Waals surface area contributed by atoms with Crippen molar-refractivity contribution in [1.29, 1.82) is 0 Å². The predicted octanol–water partition coefficient (Wildman–Crippen LogP) is 2.71. The smallest absolute Gasteiger partial charge is 0.335 e. The minimum Gasteiger partial charge on any atom is -0.478 e. The van der Waals surface area contributed by atoms with Crippen LogP contribution in [0.5, 0.6) is 0 Å². The monoisotopic (exact) mass is 382 g/mol. The van der Waals surface area contributed by atoms with Gasteiger partial charge in [0.1, 0.15) is 0 Å². The number of hydrogen-bond acceptors (Lipinski definition) is 5. The maximum Gasteiger partial charge on any atom is 0.335 e. The third-order valence-corrected chi connectivity index (χ3v) is 2.50. The molecule has 0 radical (unpaired) electrons. The molecule has 0 bridgehead atoms. The van der Waals surface area contributed by atoms with E-state index in [0.29, 0.717) is 5.56 Å². The lowest BCUT2D eigenvalue weighted by Crippen LogP contribution is -1.99. The zero-order valence-electron chi connectivity index (χ0n) is 13.1. The van der Waals surface area contributed by atoms with E-state index in [1.54, 1.807) is 30.3 Å². The molecule has 0 heterocycles. The van der Waals surface area contributed by atoms with Gasteiger partial charge in [0.15, 0.2) is 0 Å². The molecule has 8 heteroatoms. The molecule has 0 amide bonds. The van der Waals surface area contributed by atoms with Gasteiger partial charge in [0.25, 0.3) is 0 Å². The highest BCUT2D eigenvalue weighted by molar-refractivity contribution is 5.91. The molecule has 0 fully saturated rings. The third kappa shape index (κ3) is 12.7. The number of aromatic carboxylic acids is 3. The first-order chi connectivity index (χ1) is 11.8. The van der Waals surface area contributed by atoms with Crippen molar-refractivity contribution in [3.8, 4) is 0 Å². The Morgan fingerprint density at radius 3 is 1.00 bits per heavy atom. The molecular weight excluding hydrogens is 356 g/mol. The summed E-state index contributed by atoms with van der Waals surface area (Å²) in [6.07, 6.45) is 0. The van der Waals surface area contributed by atoms with Crippen molar-refractivity contribution in [3.63, 3.8) is 0 Å². The molecule has 2 rings (SSSR count). The largest absolute Gasteiger partial charge is 0.478 e. The number of aliphatic hydroxyl groups excluding tert-OH is 2. The molecule has 0 aromatic heterocycles. The third-order valence-electron chi connectivity index (χ3n) is 2.50. The lowest BCUT2D eigenvalue weighted by Gasteiger charge is -1.94. The number of hydrogen-bond donors (Lipinski definition) is 5. The van der Waals surface area contributed by atoms with E-state index in [-0.39, 0.29) is 39.2 Å². The van der Waals surface area contributed by atoms with Gasteiger partial charge in [-0.25, -0.2) is 14.4 Å². The van der Waals surface area contributed by atoms with Crippen molar-refractivity contribution >= 4 is 17.9 Å². The first-order valence-electron chi connectivity index (χ1n) is 6.90. The highest BCUT2D eigenvalue weighted by Gasteiger charge is 2.04. The SMILES string of the molecule is C.C.O=C(O)c1ccc(C(=O)O)cc1.O=C(O)c1ccccc1.OCCO. The molecule has 0 spiro atoms. The second kappa shape index (κ2) is 16.2. The second-order valence-corrected chi connectivity index (χ2v) is 4.31. The first-order valence-corrected chi connectivity index (χ1v) is 6.90. The van der Waals surface area contributed by atoms with Crippen LogP contribution < -0.4 is 0 Å². The molecule has 5 N–H and O–H groups in total. The van der Waals surface area contributed by atoms with Crippen molar-refractivity contribution in [2.75, 3.05) is 13.2 Å². The summed E-state index contributed by atoms with van der Waals surface area (Å²) in [6, 6.07) is 13.3. The summed E-state index contributed by atoms with van der Waals surface area (Å²) in [4.78, 5) is 30.9. The van der Waals surface area contributed by atoms with Crippen LogP contribution in [0.4, 0.5) is 0 Å². The average molecular weight is 382 g/mol. The molecule has 8 nitrogen and oxygen atoms in total. The van der Waals surface area contributed by atoms with Crippen molar-refractivity contribution in [2.24, 2.45) is 0 Å². The van der Waals surface area contributed by atoms with Crippen molar-refractivity contribution < 1.29 is 39.9 Å². The Hall–Kier alpha value is -3.23. The van der Waals surface area contributed by atoms with Gasteiger partial charge in [-0.2, -0.15) is 0 Å². The van der Waals surface area contributed by atoms with Gasteiger partial charge in [-0.3, -0.25) is 0 Å². The normalized spacial score (nSPS) is 8.22. The molecule has 150 valence electrons. The zero-order valence-corrected chi connectivity index (χ0v) is 13.1. The van der Waals surface area contributed by atoms with Crippen LogP contribution in [0.25, 0.3) is 0 Å². The van der Waals surface area contributed by atoms with Gasteiger partial charge in [-0.15, -0.1) is 0 Å². The summed E-state index contributed by atoms with van der Waals surface area (Å²) in [5.41, 5.74) is 0.498. The topological polar surface area (TPSA) is 152 Å². The Morgan fingerprint density at radius 1 is 0.556 bits per heavy atom.